The van der Waals surface area contributed by atoms with E-state index in [9.17, 15) is 4.79 Å². The molecule has 0 atom stereocenters. The van der Waals surface area contributed by atoms with Gasteiger partial charge < -0.3 is 16.0 Å². The Morgan fingerprint density at radius 3 is 2.50 bits per heavy atom. The predicted octanol–water partition coefficient (Wildman–Crippen LogP) is 2.94. The van der Waals surface area contributed by atoms with Gasteiger partial charge in [-0.1, -0.05) is 6.07 Å². The first-order valence-corrected chi connectivity index (χ1v) is 7.96. The second-order valence-electron chi connectivity index (χ2n) is 6.87. The molecule has 0 spiro atoms. The zero-order chi connectivity index (χ0) is 15.0. The maximum Gasteiger partial charge on any atom is 0.318 e. The van der Waals surface area contributed by atoms with E-state index in [1.165, 1.54) is 4.88 Å². The summed E-state index contributed by atoms with van der Waals surface area (Å²) >= 11 is 1.66. The molecule has 3 N–H and O–H groups in total. The van der Waals surface area contributed by atoms with Crippen LogP contribution >= 0.6 is 11.3 Å². The zero-order valence-electron chi connectivity index (χ0n) is 12.8. The monoisotopic (exact) mass is 295 g/mol. The molecule has 112 valence electrons. The van der Waals surface area contributed by atoms with Gasteiger partial charge in [0, 0.05) is 22.0 Å². The lowest BCUT2D eigenvalue weighted by molar-refractivity contribution is 0.00301. The van der Waals surface area contributed by atoms with Crippen LogP contribution in [0.4, 0.5) is 4.79 Å². The third-order valence-corrected chi connectivity index (χ3v) is 4.81. The fourth-order valence-corrected chi connectivity index (χ4v) is 4.21. The van der Waals surface area contributed by atoms with Gasteiger partial charge in [0.1, 0.15) is 0 Å². The second kappa shape index (κ2) is 5.37. The van der Waals surface area contributed by atoms with Gasteiger partial charge in [0.15, 0.2) is 0 Å². The van der Waals surface area contributed by atoms with E-state index in [0.717, 1.165) is 12.8 Å². The Morgan fingerprint density at radius 1 is 1.40 bits per heavy atom. The summed E-state index contributed by atoms with van der Waals surface area (Å²) in [5.41, 5.74) is 5.70. The van der Waals surface area contributed by atoms with E-state index < -0.39 is 0 Å². The maximum atomic E-state index is 12.6. The molecule has 1 fully saturated rings. The number of nitrogens with one attached hydrogen (secondary N) is 1. The molecular weight excluding hydrogens is 270 g/mol. The summed E-state index contributed by atoms with van der Waals surface area (Å²) in [7, 11) is 0. The SMILES string of the molecule is CC1(C)CC(N)CC(C)(C)N1C(=O)NCc1cccs1. The van der Waals surface area contributed by atoms with Gasteiger partial charge in [-0.05, 0) is 52.0 Å². The van der Waals surface area contributed by atoms with E-state index in [4.69, 9.17) is 5.73 Å². The minimum atomic E-state index is -0.222. The van der Waals surface area contributed by atoms with Crippen LogP contribution in [0.5, 0.6) is 0 Å². The molecule has 2 heterocycles. The van der Waals surface area contributed by atoms with Gasteiger partial charge in [-0.15, -0.1) is 11.3 Å². The molecule has 1 aromatic rings. The Labute approximate surface area is 125 Å². The molecule has 4 nitrogen and oxygen atoms in total. The number of rotatable bonds is 2. The Hall–Kier alpha value is -1.07. The van der Waals surface area contributed by atoms with Crippen LogP contribution in [-0.4, -0.2) is 28.1 Å². The minimum Gasteiger partial charge on any atom is -0.333 e. The molecule has 1 saturated heterocycles. The third kappa shape index (κ3) is 3.15. The van der Waals surface area contributed by atoms with Gasteiger partial charge in [-0.2, -0.15) is 0 Å². The van der Waals surface area contributed by atoms with E-state index in [0.29, 0.717) is 6.54 Å². The van der Waals surface area contributed by atoms with Gasteiger partial charge in [-0.25, -0.2) is 4.79 Å². The Kier molecular flexibility index (Phi) is 4.12. The molecule has 2 amide bonds. The fraction of sp³-hybridized carbons (Fsp3) is 0.667. The normalized spacial score (nSPS) is 21.8. The fourth-order valence-electron chi connectivity index (χ4n) is 3.56. The number of hydrogen-bond acceptors (Lipinski definition) is 3. The molecule has 1 aliphatic heterocycles. The van der Waals surface area contributed by atoms with Crippen LogP contribution in [0.1, 0.15) is 45.4 Å². The van der Waals surface area contributed by atoms with Crippen LogP contribution in [0.15, 0.2) is 17.5 Å². The molecule has 1 aromatic heterocycles. The summed E-state index contributed by atoms with van der Waals surface area (Å²) in [6.07, 6.45) is 1.67. The van der Waals surface area contributed by atoms with Gasteiger partial charge in [0.25, 0.3) is 0 Å². The van der Waals surface area contributed by atoms with Crippen molar-refractivity contribution in [2.24, 2.45) is 5.73 Å². The molecule has 5 heteroatoms. The first-order chi connectivity index (χ1) is 9.22. The Morgan fingerprint density at radius 2 is 2.00 bits per heavy atom. The average molecular weight is 295 g/mol. The predicted molar refractivity (Wildman–Crippen MR) is 83.8 cm³/mol. The summed E-state index contributed by atoms with van der Waals surface area (Å²) in [5, 5.41) is 5.06. The summed E-state index contributed by atoms with van der Waals surface area (Å²) in [5.74, 6) is 0. The van der Waals surface area contributed by atoms with Crippen molar-refractivity contribution in [2.45, 2.75) is 64.2 Å². The number of carbonyl (C=O) groups excluding carboxylic acids is 1. The van der Waals surface area contributed by atoms with E-state index in [-0.39, 0.29) is 23.2 Å². The van der Waals surface area contributed by atoms with E-state index in [2.05, 4.69) is 33.0 Å². The lowest BCUT2D eigenvalue weighted by Crippen LogP contribution is -2.66. The molecular formula is C15H25N3OS. The van der Waals surface area contributed by atoms with Crippen LogP contribution < -0.4 is 11.1 Å². The molecule has 0 radical (unpaired) electrons. The number of hydrogen-bond donors (Lipinski definition) is 2. The summed E-state index contributed by atoms with van der Waals surface area (Å²) in [4.78, 5) is 15.7. The maximum absolute atomic E-state index is 12.6. The number of likely N-dealkylation sites (tertiary alicyclic amines) is 1. The van der Waals surface area contributed by atoms with Crippen LogP contribution in [0.3, 0.4) is 0 Å². The summed E-state index contributed by atoms with van der Waals surface area (Å²) in [6, 6.07) is 4.19. The Bertz CT molecular complexity index is 449. The van der Waals surface area contributed by atoms with Crippen molar-refractivity contribution in [3.63, 3.8) is 0 Å². The zero-order valence-corrected chi connectivity index (χ0v) is 13.6. The minimum absolute atomic E-state index is 0.000278. The van der Waals surface area contributed by atoms with Crippen molar-refractivity contribution in [1.29, 1.82) is 0 Å². The molecule has 20 heavy (non-hydrogen) atoms. The van der Waals surface area contributed by atoms with Crippen molar-refractivity contribution >= 4 is 17.4 Å². The van der Waals surface area contributed by atoms with Crippen molar-refractivity contribution in [3.05, 3.63) is 22.4 Å². The van der Waals surface area contributed by atoms with E-state index in [1.54, 1.807) is 11.3 Å². The van der Waals surface area contributed by atoms with Crippen LogP contribution in [-0.2, 0) is 6.54 Å². The highest BCUT2D eigenvalue weighted by molar-refractivity contribution is 7.09. The topological polar surface area (TPSA) is 58.4 Å². The van der Waals surface area contributed by atoms with Crippen molar-refractivity contribution in [3.8, 4) is 0 Å². The first-order valence-electron chi connectivity index (χ1n) is 7.08. The molecule has 0 bridgehead atoms. The molecule has 0 aliphatic carbocycles. The van der Waals surface area contributed by atoms with Gasteiger partial charge in [0.05, 0.1) is 6.54 Å². The van der Waals surface area contributed by atoms with Crippen LogP contribution in [0.2, 0.25) is 0 Å². The van der Waals surface area contributed by atoms with Crippen LogP contribution in [0, 0.1) is 0 Å². The van der Waals surface area contributed by atoms with Crippen molar-refractivity contribution < 1.29 is 4.79 Å². The largest absolute Gasteiger partial charge is 0.333 e. The highest BCUT2D eigenvalue weighted by Crippen LogP contribution is 2.37. The van der Waals surface area contributed by atoms with E-state index >= 15 is 0 Å². The second-order valence-corrected chi connectivity index (χ2v) is 7.90. The van der Waals surface area contributed by atoms with Gasteiger partial charge in [-0.3, -0.25) is 0 Å². The number of amides is 2. The number of thiophene rings is 1. The number of nitrogens with two attached hydrogens (primary N) is 1. The molecule has 2 rings (SSSR count). The van der Waals surface area contributed by atoms with Gasteiger partial charge >= 0.3 is 6.03 Å². The lowest BCUT2D eigenvalue weighted by atomic mass is 9.77. The first kappa shape index (κ1) is 15.3. The number of urea groups is 1. The summed E-state index contributed by atoms with van der Waals surface area (Å²) < 4.78 is 0. The number of carbonyl (C=O) groups is 1. The quantitative estimate of drug-likeness (QED) is 0.881. The highest BCUT2D eigenvalue weighted by Gasteiger charge is 2.46. The van der Waals surface area contributed by atoms with Crippen LogP contribution in [0.25, 0.3) is 0 Å². The molecule has 1 aliphatic rings. The highest BCUT2D eigenvalue weighted by atomic mass is 32.1. The van der Waals surface area contributed by atoms with Crippen molar-refractivity contribution in [2.75, 3.05) is 0 Å². The smallest absolute Gasteiger partial charge is 0.318 e. The average Bonchev–Trinajstić information content (AvgIpc) is 2.74. The Balaban J connectivity index is 2.09. The number of nitrogens with zero attached hydrogens (tertiary/aromatic N) is 1. The molecule has 0 aromatic carbocycles. The van der Waals surface area contributed by atoms with Crippen molar-refractivity contribution in [1.82, 2.24) is 10.2 Å². The summed E-state index contributed by atoms with van der Waals surface area (Å²) in [6.45, 7) is 8.97. The lowest BCUT2D eigenvalue weighted by Gasteiger charge is -2.54. The van der Waals surface area contributed by atoms with E-state index in [1.807, 2.05) is 22.4 Å². The van der Waals surface area contributed by atoms with Gasteiger partial charge in [0.2, 0.25) is 0 Å². The third-order valence-electron chi connectivity index (χ3n) is 3.93. The molecule has 0 saturated carbocycles. The number of piperidine rings is 1. The molecule has 0 unspecified atom stereocenters. The standard InChI is InChI=1S/C15H25N3OS/c1-14(2)8-11(16)9-15(3,4)18(14)13(19)17-10-12-6-5-7-20-12/h5-7,11H,8-10,16H2,1-4H3,(H,17,19).